The van der Waals surface area contributed by atoms with E-state index in [4.69, 9.17) is 0 Å². The van der Waals surface area contributed by atoms with Crippen LogP contribution in [0.1, 0.15) is 39.6 Å². The molecule has 2 N–H and O–H groups in total. The maximum absolute atomic E-state index is 13.0. The SMILES string of the molecule is CC(C)[C@@H](C(=O)O)N1Cc2ccc(-c3ccc(NC(=O)c4nnc(-c5ccccc5)s4)cc3)cc2C1=O. The molecule has 0 saturated carbocycles. The molecule has 0 aliphatic carbocycles. The van der Waals surface area contributed by atoms with Gasteiger partial charge in [-0.1, -0.05) is 79.8 Å². The average Bonchev–Trinajstić information content (AvgIpc) is 3.50. The largest absolute Gasteiger partial charge is 0.480 e. The topological polar surface area (TPSA) is 112 Å². The van der Waals surface area contributed by atoms with Crippen molar-refractivity contribution in [1.29, 1.82) is 0 Å². The lowest BCUT2D eigenvalue weighted by Gasteiger charge is -2.27. The normalized spacial score (nSPS) is 13.5. The van der Waals surface area contributed by atoms with Gasteiger partial charge >= 0.3 is 5.97 Å². The van der Waals surface area contributed by atoms with E-state index in [2.05, 4.69) is 15.5 Å². The Morgan fingerprint density at radius 3 is 2.32 bits per heavy atom. The number of amides is 2. The van der Waals surface area contributed by atoms with Gasteiger partial charge in [-0.2, -0.15) is 0 Å². The Hall–Kier alpha value is -4.37. The number of carbonyl (C=O) groups is 3. The first-order valence-electron chi connectivity index (χ1n) is 11.8. The zero-order valence-electron chi connectivity index (χ0n) is 20.2. The Labute approximate surface area is 217 Å². The van der Waals surface area contributed by atoms with Crippen LogP contribution in [0.2, 0.25) is 0 Å². The second-order valence-corrected chi connectivity index (χ2v) is 10.1. The lowest BCUT2D eigenvalue weighted by atomic mass is 10.00. The Balaban J connectivity index is 1.29. The van der Waals surface area contributed by atoms with Crippen LogP contribution in [0.15, 0.2) is 72.8 Å². The van der Waals surface area contributed by atoms with Gasteiger partial charge in [-0.25, -0.2) is 4.79 Å². The van der Waals surface area contributed by atoms with Crippen molar-refractivity contribution in [1.82, 2.24) is 15.1 Å². The van der Waals surface area contributed by atoms with E-state index in [1.54, 1.807) is 32.0 Å². The minimum atomic E-state index is -1.00. The molecule has 1 aliphatic heterocycles. The quantitative estimate of drug-likeness (QED) is 0.352. The van der Waals surface area contributed by atoms with Gasteiger partial charge in [-0.3, -0.25) is 9.59 Å². The van der Waals surface area contributed by atoms with E-state index >= 15 is 0 Å². The predicted molar refractivity (Wildman–Crippen MR) is 141 cm³/mol. The van der Waals surface area contributed by atoms with E-state index in [0.717, 1.165) is 22.3 Å². The van der Waals surface area contributed by atoms with Gasteiger partial charge in [0.2, 0.25) is 5.01 Å². The second-order valence-electron chi connectivity index (χ2n) is 9.14. The summed E-state index contributed by atoms with van der Waals surface area (Å²) in [5.41, 5.74) is 4.55. The van der Waals surface area contributed by atoms with Gasteiger partial charge in [-0.15, -0.1) is 10.2 Å². The Morgan fingerprint density at radius 1 is 0.946 bits per heavy atom. The molecule has 186 valence electrons. The monoisotopic (exact) mass is 512 g/mol. The van der Waals surface area contributed by atoms with Gasteiger partial charge < -0.3 is 15.3 Å². The van der Waals surface area contributed by atoms with Crippen LogP contribution in [0, 0.1) is 5.92 Å². The van der Waals surface area contributed by atoms with E-state index in [1.165, 1.54) is 16.2 Å². The van der Waals surface area contributed by atoms with Crippen molar-refractivity contribution in [2.75, 3.05) is 5.32 Å². The van der Waals surface area contributed by atoms with E-state index in [1.807, 2.05) is 54.6 Å². The van der Waals surface area contributed by atoms with Crippen LogP contribution in [0.25, 0.3) is 21.7 Å². The van der Waals surface area contributed by atoms with Crippen molar-refractivity contribution in [3.05, 3.63) is 88.9 Å². The Kier molecular flexibility index (Phi) is 6.54. The second kappa shape index (κ2) is 9.94. The molecule has 0 saturated heterocycles. The molecule has 37 heavy (non-hydrogen) atoms. The third-order valence-electron chi connectivity index (χ3n) is 6.28. The molecule has 0 unspecified atom stereocenters. The van der Waals surface area contributed by atoms with Gasteiger partial charge in [0.25, 0.3) is 11.8 Å². The first kappa shape index (κ1) is 24.3. The highest BCUT2D eigenvalue weighted by Gasteiger charge is 2.38. The number of benzene rings is 3. The van der Waals surface area contributed by atoms with Gasteiger partial charge in [0.15, 0.2) is 0 Å². The number of aliphatic carboxylic acids is 1. The summed E-state index contributed by atoms with van der Waals surface area (Å²) in [4.78, 5) is 38.9. The molecule has 5 rings (SSSR count). The molecule has 2 heterocycles. The van der Waals surface area contributed by atoms with Crippen LogP contribution in [0.4, 0.5) is 5.69 Å². The number of carboxylic acids is 1. The molecule has 1 atom stereocenters. The number of rotatable bonds is 7. The van der Waals surface area contributed by atoms with Crippen LogP contribution in [-0.2, 0) is 11.3 Å². The molecule has 1 aromatic heterocycles. The minimum absolute atomic E-state index is 0.205. The molecule has 3 aromatic carbocycles. The first-order valence-corrected chi connectivity index (χ1v) is 12.6. The van der Waals surface area contributed by atoms with Crippen molar-refractivity contribution in [2.45, 2.75) is 26.4 Å². The Morgan fingerprint density at radius 2 is 1.65 bits per heavy atom. The third-order valence-corrected chi connectivity index (χ3v) is 7.25. The standard InChI is InChI=1S/C28H24N4O4S/c1-16(2)23(28(35)36)32-15-20-9-8-19(14-22(20)27(32)34)17-10-12-21(13-11-17)29-24(33)26-31-30-25(37-26)18-6-4-3-5-7-18/h3-14,16,23H,15H2,1-2H3,(H,29,33)(H,35,36)/t23-/m0/s1. The first-order chi connectivity index (χ1) is 17.8. The zero-order valence-corrected chi connectivity index (χ0v) is 21.0. The molecule has 9 heteroatoms. The molecule has 0 fully saturated rings. The number of carboxylic acid groups (broad SMARTS) is 1. The fourth-order valence-corrected chi connectivity index (χ4v) is 5.19. The fourth-order valence-electron chi connectivity index (χ4n) is 4.45. The highest BCUT2D eigenvalue weighted by Crippen LogP contribution is 2.32. The number of aromatic nitrogens is 2. The average molecular weight is 513 g/mol. The lowest BCUT2D eigenvalue weighted by molar-refractivity contribution is -0.144. The van der Waals surface area contributed by atoms with E-state index < -0.39 is 12.0 Å². The summed E-state index contributed by atoms with van der Waals surface area (Å²) >= 11 is 1.22. The van der Waals surface area contributed by atoms with Gasteiger partial charge in [0.05, 0.1) is 0 Å². The van der Waals surface area contributed by atoms with Crippen LogP contribution in [-0.4, -0.2) is 44.0 Å². The molecule has 0 radical (unpaired) electrons. The van der Waals surface area contributed by atoms with Crippen molar-refractivity contribution >= 4 is 34.8 Å². The van der Waals surface area contributed by atoms with Crippen LogP contribution in [0.5, 0.6) is 0 Å². The van der Waals surface area contributed by atoms with Crippen LogP contribution >= 0.6 is 11.3 Å². The summed E-state index contributed by atoms with van der Waals surface area (Å²) in [5, 5.41) is 21.5. The number of nitrogens with one attached hydrogen (secondary N) is 1. The summed E-state index contributed by atoms with van der Waals surface area (Å²) in [7, 11) is 0. The van der Waals surface area contributed by atoms with Crippen molar-refractivity contribution in [2.24, 2.45) is 5.92 Å². The summed E-state index contributed by atoms with van der Waals surface area (Å²) in [6, 6.07) is 21.6. The summed E-state index contributed by atoms with van der Waals surface area (Å²) < 4.78 is 0. The molecule has 4 aromatic rings. The lowest BCUT2D eigenvalue weighted by Crippen LogP contribution is -2.44. The third kappa shape index (κ3) is 4.85. The van der Waals surface area contributed by atoms with Crippen LogP contribution < -0.4 is 5.32 Å². The molecule has 2 amide bonds. The molecule has 8 nitrogen and oxygen atoms in total. The highest BCUT2D eigenvalue weighted by molar-refractivity contribution is 7.16. The maximum atomic E-state index is 13.0. The predicted octanol–water partition coefficient (Wildman–Crippen LogP) is 5.19. The van der Waals surface area contributed by atoms with Crippen molar-refractivity contribution in [3.8, 4) is 21.7 Å². The molecule has 0 spiro atoms. The van der Waals surface area contributed by atoms with Crippen molar-refractivity contribution < 1.29 is 19.5 Å². The number of hydrogen-bond acceptors (Lipinski definition) is 6. The molecule has 0 bridgehead atoms. The number of fused-ring (bicyclic) bond motifs is 1. The summed E-state index contributed by atoms with van der Waals surface area (Å²) in [6.07, 6.45) is 0. The van der Waals surface area contributed by atoms with E-state index in [0.29, 0.717) is 16.3 Å². The molecular weight excluding hydrogens is 488 g/mol. The van der Waals surface area contributed by atoms with Gasteiger partial charge in [0.1, 0.15) is 11.0 Å². The smallest absolute Gasteiger partial charge is 0.326 e. The van der Waals surface area contributed by atoms with Crippen molar-refractivity contribution in [3.63, 3.8) is 0 Å². The van der Waals surface area contributed by atoms with Gasteiger partial charge in [-0.05, 0) is 40.8 Å². The van der Waals surface area contributed by atoms with Crippen LogP contribution in [0.3, 0.4) is 0 Å². The number of hydrogen-bond donors (Lipinski definition) is 2. The minimum Gasteiger partial charge on any atom is -0.480 e. The zero-order chi connectivity index (χ0) is 26.1. The molecular formula is C28H24N4O4S. The number of anilines is 1. The summed E-state index contributed by atoms with van der Waals surface area (Å²) in [5.74, 6) is -1.82. The van der Waals surface area contributed by atoms with Gasteiger partial charge in [0, 0.05) is 23.4 Å². The molecule has 1 aliphatic rings. The number of nitrogens with zero attached hydrogens (tertiary/aromatic N) is 3. The highest BCUT2D eigenvalue weighted by atomic mass is 32.1. The maximum Gasteiger partial charge on any atom is 0.326 e. The summed E-state index contributed by atoms with van der Waals surface area (Å²) in [6.45, 7) is 3.88. The van der Waals surface area contributed by atoms with E-state index in [-0.39, 0.29) is 29.3 Å². The number of carbonyl (C=O) groups excluding carboxylic acids is 2. The van der Waals surface area contributed by atoms with E-state index in [9.17, 15) is 19.5 Å². The Bertz CT molecular complexity index is 1480. The fraction of sp³-hybridized carbons (Fsp3) is 0.179.